The van der Waals surface area contributed by atoms with Gasteiger partial charge in [0.15, 0.2) is 5.78 Å². The van der Waals surface area contributed by atoms with Gasteiger partial charge in [-0.1, -0.05) is 13.0 Å². The Morgan fingerprint density at radius 3 is 2.86 bits per heavy atom. The number of hydrogen-bond acceptors (Lipinski definition) is 3. The summed E-state index contributed by atoms with van der Waals surface area (Å²) in [5.41, 5.74) is 0.616. The molecule has 0 aliphatic heterocycles. The van der Waals surface area contributed by atoms with Gasteiger partial charge in [0.1, 0.15) is 0 Å². The predicted molar refractivity (Wildman–Crippen MR) is 52.5 cm³/mol. The number of hydrogen-bond donors (Lipinski definition) is 0. The lowest BCUT2D eigenvalue weighted by atomic mass is 9.98. The maximum atomic E-state index is 11.4. The Kier molecular flexibility index (Phi) is 3.56. The summed E-state index contributed by atoms with van der Waals surface area (Å²) in [5, 5.41) is 10.4. The summed E-state index contributed by atoms with van der Waals surface area (Å²) in [7, 11) is 0. The van der Waals surface area contributed by atoms with Gasteiger partial charge in [0.25, 0.3) is 0 Å². The highest BCUT2D eigenvalue weighted by atomic mass is 16.6. The lowest BCUT2D eigenvalue weighted by Gasteiger charge is -2.08. The zero-order chi connectivity index (χ0) is 10.6. The molecule has 1 aliphatic rings. The second-order valence-electron chi connectivity index (χ2n) is 3.28. The summed E-state index contributed by atoms with van der Waals surface area (Å²) in [6.45, 7) is 1.94. The van der Waals surface area contributed by atoms with Crippen LogP contribution < -0.4 is 0 Å². The van der Waals surface area contributed by atoms with Gasteiger partial charge in [-0.3, -0.25) is 14.9 Å². The van der Waals surface area contributed by atoms with Gasteiger partial charge < -0.3 is 0 Å². The molecule has 0 aromatic heterocycles. The highest BCUT2D eigenvalue weighted by Gasteiger charge is 2.19. The van der Waals surface area contributed by atoms with Gasteiger partial charge in [-0.05, 0) is 18.6 Å². The molecular formula is C10H13NO3. The fourth-order valence-corrected chi connectivity index (χ4v) is 1.34. The third kappa shape index (κ3) is 2.52. The lowest BCUT2D eigenvalue weighted by Crippen LogP contribution is -2.18. The van der Waals surface area contributed by atoms with Crippen LogP contribution in [0.3, 0.4) is 0 Å². The molecule has 1 atom stereocenters. The van der Waals surface area contributed by atoms with Crippen LogP contribution in [0.2, 0.25) is 0 Å². The molecule has 76 valence electrons. The summed E-state index contributed by atoms with van der Waals surface area (Å²) in [5.74, 6) is 0.0746. The van der Waals surface area contributed by atoms with E-state index in [9.17, 15) is 14.9 Å². The quantitative estimate of drug-likeness (QED) is 0.508. The topological polar surface area (TPSA) is 60.2 Å². The van der Waals surface area contributed by atoms with E-state index in [1.165, 1.54) is 6.08 Å². The van der Waals surface area contributed by atoms with E-state index < -0.39 is 6.04 Å². The van der Waals surface area contributed by atoms with Gasteiger partial charge in [0.05, 0.1) is 0 Å². The highest BCUT2D eigenvalue weighted by Crippen LogP contribution is 2.15. The van der Waals surface area contributed by atoms with Crippen molar-refractivity contribution in [2.24, 2.45) is 0 Å². The highest BCUT2D eigenvalue weighted by molar-refractivity contribution is 5.98. The molecule has 1 unspecified atom stereocenters. The molecule has 0 spiro atoms. The number of nitrogens with zero attached hydrogens (tertiary/aromatic N) is 1. The zero-order valence-electron chi connectivity index (χ0n) is 8.10. The van der Waals surface area contributed by atoms with Crippen molar-refractivity contribution in [3.8, 4) is 0 Å². The molecule has 0 saturated heterocycles. The Bertz CT molecular complexity index is 304. The molecule has 0 fully saturated rings. The van der Waals surface area contributed by atoms with Crippen LogP contribution in [-0.4, -0.2) is 16.7 Å². The van der Waals surface area contributed by atoms with Gasteiger partial charge in [-0.2, -0.15) is 0 Å². The SMILES string of the molecule is CCCC(=O)C1=CCC([N+](=O)[O-])C=C1. The molecular weight excluding hydrogens is 182 g/mol. The second-order valence-corrected chi connectivity index (χ2v) is 3.28. The molecule has 14 heavy (non-hydrogen) atoms. The summed E-state index contributed by atoms with van der Waals surface area (Å²) in [6.07, 6.45) is 6.36. The molecule has 0 radical (unpaired) electrons. The Morgan fingerprint density at radius 1 is 1.71 bits per heavy atom. The molecule has 0 heterocycles. The van der Waals surface area contributed by atoms with E-state index in [-0.39, 0.29) is 10.7 Å². The van der Waals surface area contributed by atoms with Crippen LogP contribution >= 0.6 is 0 Å². The van der Waals surface area contributed by atoms with Crippen molar-refractivity contribution in [2.45, 2.75) is 32.2 Å². The Morgan fingerprint density at radius 2 is 2.43 bits per heavy atom. The molecule has 0 amide bonds. The van der Waals surface area contributed by atoms with Crippen LogP contribution in [-0.2, 0) is 4.79 Å². The van der Waals surface area contributed by atoms with Crippen molar-refractivity contribution in [3.63, 3.8) is 0 Å². The van der Waals surface area contributed by atoms with E-state index in [4.69, 9.17) is 0 Å². The molecule has 0 aromatic carbocycles. The van der Waals surface area contributed by atoms with Crippen LogP contribution in [0, 0.1) is 10.1 Å². The summed E-state index contributed by atoms with van der Waals surface area (Å²) in [4.78, 5) is 21.4. The number of Topliss-reactive ketones (excluding diaryl/α,β-unsaturated/α-hetero) is 1. The number of ketones is 1. The van der Waals surface area contributed by atoms with Gasteiger partial charge in [-0.15, -0.1) is 0 Å². The van der Waals surface area contributed by atoms with Crippen molar-refractivity contribution < 1.29 is 9.72 Å². The van der Waals surface area contributed by atoms with E-state index in [0.717, 1.165) is 6.42 Å². The molecule has 4 nitrogen and oxygen atoms in total. The first-order chi connectivity index (χ1) is 6.65. The molecule has 1 aliphatic carbocycles. The fraction of sp³-hybridized carbons (Fsp3) is 0.500. The van der Waals surface area contributed by atoms with Crippen LogP contribution in [0.1, 0.15) is 26.2 Å². The monoisotopic (exact) mass is 195 g/mol. The summed E-state index contributed by atoms with van der Waals surface area (Å²) in [6, 6.07) is -0.659. The summed E-state index contributed by atoms with van der Waals surface area (Å²) < 4.78 is 0. The molecule has 4 heteroatoms. The van der Waals surface area contributed by atoms with Crippen molar-refractivity contribution >= 4 is 5.78 Å². The standard InChI is InChI=1S/C10H13NO3/c1-2-3-10(12)8-4-6-9(7-5-8)11(13)14/h4-6,9H,2-3,7H2,1H3. The van der Waals surface area contributed by atoms with E-state index in [1.54, 1.807) is 12.2 Å². The van der Waals surface area contributed by atoms with Gasteiger partial charge >= 0.3 is 0 Å². The maximum Gasteiger partial charge on any atom is 0.235 e. The Balaban J connectivity index is 2.59. The van der Waals surface area contributed by atoms with Crippen LogP contribution in [0.15, 0.2) is 23.8 Å². The second kappa shape index (κ2) is 4.69. The van der Waals surface area contributed by atoms with Crippen molar-refractivity contribution in [1.82, 2.24) is 0 Å². The van der Waals surface area contributed by atoms with Crippen molar-refractivity contribution in [1.29, 1.82) is 0 Å². The van der Waals surface area contributed by atoms with E-state index in [2.05, 4.69) is 0 Å². The third-order valence-electron chi connectivity index (χ3n) is 2.15. The zero-order valence-corrected chi connectivity index (χ0v) is 8.10. The largest absolute Gasteiger partial charge is 0.294 e. The molecule has 0 aromatic rings. The number of carbonyl (C=O) groups excluding carboxylic acids is 1. The molecule has 0 saturated carbocycles. The minimum absolute atomic E-state index is 0.0746. The van der Waals surface area contributed by atoms with Crippen LogP contribution in [0.5, 0.6) is 0 Å². The van der Waals surface area contributed by atoms with Crippen LogP contribution in [0.4, 0.5) is 0 Å². The van der Waals surface area contributed by atoms with Crippen molar-refractivity contribution in [3.05, 3.63) is 33.9 Å². The smallest absolute Gasteiger partial charge is 0.235 e. The number of allylic oxidation sites excluding steroid dienone is 2. The minimum atomic E-state index is -0.659. The van der Waals surface area contributed by atoms with E-state index in [0.29, 0.717) is 18.4 Å². The minimum Gasteiger partial charge on any atom is -0.294 e. The van der Waals surface area contributed by atoms with Crippen LogP contribution in [0.25, 0.3) is 0 Å². The first-order valence-corrected chi connectivity index (χ1v) is 4.70. The number of nitro groups is 1. The number of carbonyl (C=O) groups is 1. The van der Waals surface area contributed by atoms with Gasteiger partial charge in [0.2, 0.25) is 6.04 Å². The van der Waals surface area contributed by atoms with E-state index in [1.807, 2.05) is 6.92 Å². The predicted octanol–water partition coefficient (Wildman–Crippen LogP) is 1.89. The Labute approximate surface area is 82.5 Å². The average molecular weight is 195 g/mol. The summed E-state index contributed by atoms with van der Waals surface area (Å²) >= 11 is 0. The number of rotatable bonds is 4. The fourth-order valence-electron chi connectivity index (χ4n) is 1.34. The molecule has 0 bridgehead atoms. The van der Waals surface area contributed by atoms with E-state index >= 15 is 0 Å². The molecule has 0 N–H and O–H groups in total. The first kappa shape index (κ1) is 10.6. The lowest BCUT2D eigenvalue weighted by molar-refractivity contribution is -0.508. The Hall–Kier alpha value is -1.45. The van der Waals surface area contributed by atoms with Gasteiger partial charge in [0, 0.05) is 23.3 Å². The first-order valence-electron chi connectivity index (χ1n) is 4.70. The molecule has 1 rings (SSSR count). The normalized spacial score (nSPS) is 20.4. The van der Waals surface area contributed by atoms with Crippen molar-refractivity contribution in [2.75, 3.05) is 0 Å². The average Bonchev–Trinajstić information content (AvgIpc) is 2.18. The third-order valence-corrected chi connectivity index (χ3v) is 2.15. The maximum absolute atomic E-state index is 11.4. The van der Waals surface area contributed by atoms with Gasteiger partial charge in [-0.25, -0.2) is 0 Å².